The molecule has 1 atom stereocenters. The number of hydrogen-bond donors (Lipinski definition) is 1. The minimum absolute atomic E-state index is 0.0363. The van der Waals surface area contributed by atoms with Crippen LogP contribution in [0.2, 0.25) is 0 Å². The van der Waals surface area contributed by atoms with E-state index in [1.807, 2.05) is 13.8 Å². The highest BCUT2D eigenvalue weighted by Crippen LogP contribution is 2.32. The summed E-state index contributed by atoms with van der Waals surface area (Å²) in [4.78, 5) is 11.2. The predicted molar refractivity (Wildman–Crippen MR) is 57.8 cm³/mol. The SMILES string of the molecule is CCC(C)OC1(C(=O)O)CCSCC1. The van der Waals surface area contributed by atoms with Crippen LogP contribution < -0.4 is 0 Å². The molecule has 1 unspecified atom stereocenters. The van der Waals surface area contributed by atoms with E-state index in [-0.39, 0.29) is 6.10 Å². The van der Waals surface area contributed by atoms with Crippen molar-refractivity contribution in [1.29, 1.82) is 0 Å². The number of hydrogen-bond acceptors (Lipinski definition) is 3. The minimum Gasteiger partial charge on any atom is -0.479 e. The van der Waals surface area contributed by atoms with E-state index in [2.05, 4.69) is 0 Å². The van der Waals surface area contributed by atoms with Crippen molar-refractivity contribution in [3.05, 3.63) is 0 Å². The Balaban J connectivity index is 2.65. The molecule has 1 saturated heterocycles. The molecule has 0 radical (unpaired) electrons. The van der Waals surface area contributed by atoms with Gasteiger partial charge in [-0.15, -0.1) is 0 Å². The lowest BCUT2D eigenvalue weighted by molar-refractivity contribution is -0.174. The van der Waals surface area contributed by atoms with Crippen molar-refractivity contribution in [1.82, 2.24) is 0 Å². The van der Waals surface area contributed by atoms with E-state index in [1.165, 1.54) is 0 Å². The zero-order valence-electron chi connectivity index (χ0n) is 8.78. The lowest BCUT2D eigenvalue weighted by atomic mass is 9.96. The Kier molecular flexibility index (Phi) is 4.26. The molecule has 0 aliphatic carbocycles. The van der Waals surface area contributed by atoms with Crippen molar-refractivity contribution in [3.8, 4) is 0 Å². The number of carbonyl (C=O) groups is 1. The van der Waals surface area contributed by atoms with Gasteiger partial charge in [-0.05, 0) is 37.7 Å². The number of aliphatic carboxylic acids is 1. The Morgan fingerprint density at radius 2 is 2.14 bits per heavy atom. The van der Waals surface area contributed by atoms with Crippen LogP contribution >= 0.6 is 11.8 Å². The van der Waals surface area contributed by atoms with E-state index in [4.69, 9.17) is 4.74 Å². The van der Waals surface area contributed by atoms with Crippen LogP contribution in [-0.2, 0) is 9.53 Å². The van der Waals surface area contributed by atoms with E-state index in [1.54, 1.807) is 11.8 Å². The first-order valence-electron chi connectivity index (χ1n) is 5.09. The number of carboxylic acid groups (broad SMARTS) is 1. The standard InChI is InChI=1S/C10H18O3S/c1-3-8(2)13-10(9(11)12)4-6-14-7-5-10/h8H,3-7H2,1-2H3,(H,11,12). The lowest BCUT2D eigenvalue weighted by Gasteiger charge is -2.35. The molecule has 1 aliphatic heterocycles. The van der Waals surface area contributed by atoms with Gasteiger partial charge in [0.25, 0.3) is 0 Å². The van der Waals surface area contributed by atoms with Gasteiger partial charge in [-0.1, -0.05) is 6.92 Å². The summed E-state index contributed by atoms with van der Waals surface area (Å²) in [5.41, 5.74) is -0.902. The van der Waals surface area contributed by atoms with E-state index >= 15 is 0 Å². The van der Waals surface area contributed by atoms with Crippen molar-refractivity contribution in [2.75, 3.05) is 11.5 Å². The first-order chi connectivity index (χ1) is 6.60. The van der Waals surface area contributed by atoms with Crippen LogP contribution in [0.3, 0.4) is 0 Å². The number of thioether (sulfide) groups is 1. The average Bonchev–Trinajstić information content (AvgIpc) is 2.19. The largest absolute Gasteiger partial charge is 0.479 e. The average molecular weight is 218 g/mol. The highest BCUT2D eigenvalue weighted by molar-refractivity contribution is 7.99. The Morgan fingerprint density at radius 1 is 1.57 bits per heavy atom. The molecule has 1 fully saturated rings. The topological polar surface area (TPSA) is 46.5 Å². The van der Waals surface area contributed by atoms with Crippen LogP contribution in [-0.4, -0.2) is 34.3 Å². The summed E-state index contributed by atoms with van der Waals surface area (Å²) in [7, 11) is 0. The van der Waals surface area contributed by atoms with Gasteiger partial charge in [-0.3, -0.25) is 0 Å². The quantitative estimate of drug-likeness (QED) is 0.785. The maximum Gasteiger partial charge on any atom is 0.336 e. The highest BCUT2D eigenvalue weighted by Gasteiger charge is 2.41. The minimum atomic E-state index is -0.902. The second-order valence-electron chi connectivity index (χ2n) is 3.75. The number of carboxylic acids is 1. The second kappa shape index (κ2) is 5.03. The molecule has 1 rings (SSSR count). The normalized spacial score (nSPS) is 23.0. The van der Waals surface area contributed by atoms with Crippen molar-refractivity contribution in [2.45, 2.75) is 44.8 Å². The predicted octanol–water partition coefficient (Wildman–Crippen LogP) is 2.15. The Hall–Kier alpha value is -0.220. The Bertz CT molecular complexity index is 200. The summed E-state index contributed by atoms with van der Waals surface area (Å²) >= 11 is 1.81. The van der Waals surface area contributed by atoms with Gasteiger partial charge in [0, 0.05) is 0 Å². The van der Waals surface area contributed by atoms with Crippen molar-refractivity contribution >= 4 is 17.7 Å². The van der Waals surface area contributed by atoms with Crippen LogP contribution in [0.4, 0.5) is 0 Å². The zero-order valence-corrected chi connectivity index (χ0v) is 9.60. The van der Waals surface area contributed by atoms with Crippen LogP contribution in [0, 0.1) is 0 Å². The van der Waals surface area contributed by atoms with Crippen molar-refractivity contribution in [2.24, 2.45) is 0 Å². The van der Waals surface area contributed by atoms with Crippen molar-refractivity contribution in [3.63, 3.8) is 0 Å². The summed E-state index contributed by atoms with van der Waals surface area (Å²) in [5, 5.41) is 9.20. The molecule has 0 saturated carbocycles. The molecule has 3 nitrogen and oxygen atoms in total. The van der Waals surface area contributed by atoms with Gasteiger partial charge in [0.2, 0.25) is 0 Å². The van der Waals surface area contributed by atoms with Gasteiger partial charge >= 0.3 is 5.97 Å². The molecule has 0 amide bonds. The third-order valence-corrected chi connectivity index (χ3v) is 3.68. The monoisotopic (exact) mass is 218 g/mol. The van der Waals surface area contributed by atoms with Gasteiger partial charge in [0.1, 0.15) is 0 Å². The molecule has 0 aromatic heterocycles. The first-order valence-corrected chi connectivity index (χ1v) is 6.25. The lowest BCUT2D eigenvalue weighted by Crippen LogP contribution is -2.46. The van der Waals surface area contributed by atoms with E-state index in [0.717, 1.165) is 17.9 Å². The molecule has 14 heavy (non-hydrogen) atoms. The molecular weight excluding hydrogens is 200 g/mol. The van der Waals surface area contributed by atoms with Crippen molar-refractivity contribution < 1.29 is 14.6 Å². The van der Waals surface area contributed by atoms with E-state index in [0.29, 0.717) is 12.8 Å². The van der Waals surface area contributed by atoms with Crippen LogP contribution in [0.1, 0.15) is 33.1 Å². The van der Waals surface area contributed by atoms with Crippen LogP contribution in [0.5, 0.6) is 0 Å². The summed E-state index contributed by atoms with van der Waals surface area (Å²) in [5.74, 6) is 0.990. The summed E-state index contributed by atoms with van der Waals surface area (Å²) in [6.45, 7) is 3.95. The van der Waals surface area contributed by atoms with Gasteiger partial charge in [0.05, 0.1) is 6.10 Å². The molecule has 0 bridgehead atoms. The molecule has 1 aliphatic rings. The summed E-state index contributed by atoms with van der Waals surface area (Å²) in [6, 6.07) is 0. The molecule has 1 N–H and O–H groups in total. The molecule has 0 spiro atoms. The Morgan fingerprint density at radius 3 is 2.57 bits per heavy atom. The van der Waals surface area contributed by atoms with Gasteiger partial charge < -0.3 is 9.84 Å². The second-order valence-corrected chi connectivity index (χ2v) is 4.97. The molecule has 4 heteroatoms. The van der Waals surface area contributed by atoms with Gasteiger partial charge in [-0.25, -0.2) is 4.79 Å². The zero-order chi connectivity index (χ0) is 10.6. The molecule has 0 aromatic rings. The van der Waals surface area contributed by atoms with Crippen LogP contribution in [0.15, 0.2) is 0 Å². The fourth-order valence-corrected chi connectivity index (χ4v) is 2.70. The Labute approximate surface area is 89.2 Å². The number of rotatable bonds is 4. The smallest absolute Gasteiger partial charge is 0.336 e. The highest BCUT2D eigenvalue weighted by atomic mass is 32.2. The summed E-state index contributed by atoms with van der Waals surface area (Å²) < 4.78 is 5.68. The fraction of sp³-hybridized carbons (Fsp3) is 0.900. The van der Waals surface area contributed by atoms with E-state index < -0.39 is 11.6 Å². The molecule has 0 aromatic carbocycles. The van der Waals surface area contributed by atoms with Gasteiger partial charge in [0.15, 0.2) is 5.60 Å². The maximum atomic E-state index is 11.2. The third-order valence-electron chi connectivity index (χ3n) is 2.69. The molecule has 82 valence electrons. The van der Waals surface area contributed by atoms with Gasteiger partial charge in [-0.2, -0.15) is 11.8 Å². The molecule has 1 heterocycles. The number of ether oxygens (including phenoxy) is 1. The fourth-order valence-electron chi connectivity index (χ4n) is 1.55. The van der Waals surface area contributed by atoms with E-state index in [9.17, 15) is 9.90 Å². The summed E-state index contributed by atoms with van der Waals surface area (Å²) in [6.07, 6.45) is 2.17. The maximum absolute atomic E-state index is 11.2. The van der Waals surface area contributed by atoms with Crippen LogP contribution in [0.25, 0.3) is 0 Å². The first kappa shape index (κ1) is 11.9. The molecular formula is C10H18O3S. The third kappa shape index (κ3) is 2.64.